The van der Waals surface area contributed by atoms with Crippen LogP contribution in [0.15, 0.2) is 0 Å². The standard InChI is InChI=1S/C9H16O7/c1-13-5-15-8(11)3-7(10)4-9(12)16-6-14-2/h7,10H,3-6H2,1-2H3. The number of methoxy groups -OCH3 is 2. The average molecular weight is 236 g/mol. The van der Waals surface area contributed by atoms with E-state index in [9.17, 15) is 14.7 Å². The second kappa shape index (κ2) is 9.08. The molecule has 7 nitrogen and oxygen atoms in total. The van der Waals surface area contributed by atoms with Crippen LogP contribution in [0.25, 0.3) is 0 Å². The molecular formula is C9H16O7. The van der Waals surface area contributed by atoms with E-state index < -0.39 is 18.0 Å². The molecule has 0 bridgehead atoms. The summed E-state index contributed by atoms with van der Waals surface area (Å²) in [6.07, 6.45) is -1.70. The topological polar surface area (TPSA) is 91.3 Å². The average Bonchev–Trinajstić information content (AvgIpc) is 2.23. The molecule has 0 heterocycles. The first-order valence-electron chi connectivity index (χ1n) is 4.57. The molecule has 0 aromatic heterocycles. The number of hydrogen-bond acceptors (Lipinski definition) is 7. The van der Waals surface area contributed by atoms with Gasteiger partial charge in [0.05, 0.1) is 18.9 Å². The van der Waals surface area contributed by atoms with E-state index in [4.69, 9.17) is 0 Å². The van der Waals surface area contributed by atoms with E-state index in [2.05, 4.69) is 18.9 Å². The lowest BCUT2D eigenvalue weighted by Gasteiger charge is -2.09. The smallest absolute Gasteiger partial charge is 0.310 e. The van der Waals surface area contributed by atoms with Gasteiger partial charge in [-0.3, -0.25) is 9.59 Å². The molecule has 0 unspecified atom stereocenters. The molecule has 0 rings (SSSR count). The summed E-state index contributed by atoms with van der Waals surface area (Å²) in [6, 6.07) is 0. The highest BCUT2D eigenvalue weighted by Gasteiger charge is 2.16. The van der Waals surface area contributed by atoms with Gasteiger partial charge in [-0.05, 0) is 0 Å². The zero-order valence-electron chi connectivity index (χ0n) is 9.30. The summed E-state index contributed by atoms with van der Waals surface area (Å²) in [4.78, 5) is 21.9. The van der Waals surface area contributed by atoms with Gasteiger partial charge in [0.25, 0.3) is 0 Å². The Hall–Kier alpha value is -1.18. The first kappa shape index (κ1) is 14.8. The van der Waals surface area contributed by atoms with Crippen molar-refractivity contribution in [2.24, 2.45) is 0 Å². The number of hydrogen-bond donors (Lipinski definition) is 1. The van der Waals surface area contributed by atoms with Crippen molar-refractivity contribution in [3.8, 4) is 0 Å². The molecule has 7 heteroatoms. The van der Waals surface area contributed by atoms with Gasteiger partial charge in [-0.1, -0.05) is 0 Å². The summed E-state index contributed by atoms with van der Waals surface area (Å²) in [7, 11) is 2.73. The number of aliphatic hydroxyl groups excluding tert-OH is 1. The molecule has 0 amide bonds. The molecular weight excluding hydrogens is 220 g/mol. The molecule has 0 atom stereocenters. The first-order chi connectivity index (χ1) is 7.60. The summed E-state index contributed by atoms with van der Waals surface area (Å²) in [5, 5.41) is 9.31. The minimum atomic E-state index is -1.13. The molecule has 0 aliphatic carbocycles. The molecule has 0 saturated heterocycles. The number of esters is 2. The number of carbonyl (C=O) groups excluding carboxylic acids is 2. The van der Waals surface area contributed by atoms with E-state index in [0.29, 0.717) is 0 Å². The second-order valence-electron chi connectivity index (χ2n) is 2.91. The minimum Gasteiger partial charge on any atom is -0.438 e. The normalized spacial score (nSPS) is 10.2. The summed E-state index contributed by atoms with van der Waals surface area (Å²) < 4.78 is 18.0. The number of carbonyl (C=O) groups is 2. The van der Waals surface area contributed by atoms with Crippen LogP contribution in [0.3, 0.4) is 0 Å². The molecule has 0 aromatic carbocycles. The van der Waals surface area contributed by atoms with Crippen molar-refractivity contribution in [1.29, 1.82) is 0 Å². The van der Waals surface area contributed by atoms with Crippen LogP contribution in [0.2, 0.25) is 0 Å². The van der Waals surface area contributed by atoms with Gasteiger partial charge in [-0.2, -0.15) is 0 Å². The third-order valence-corrected chi connectivity index (χ3v) is 1.48. The lowest BCUT2D eigenvalue weighted by atomic mass is 10.2. The Morgan fingerprint density at radius 3 is 1.69 bits per heavy atom. The number of ether oxygens (including phenoxy) is 4. The third kappa shape index (κ3) is 8.16. The predicted molar refractivity (Wildman–Crippen MR) is 51.2 cm³/mol. The molecule has 0 saturated carbocycles. The Morgan fingerprint density at radius 1 is 1.00 bits per heavy atom. The maximum Gasteiger partial charge on any atom is 0.310 e. The van der Waals surface area contributed by atoms with Gasteiger partial charge in [-0.15, -0.1) is 0 Å². The third-order valence-electron chi connectivity index (χ3n) is 1.48. The van der Waals surface area contributed by atoms with Crippen molar-refractivity contribution in [1.82, 2.24) is 0 Å². The van der Waals surface area contributed by atoms with Crippen LogP contribution < -0.4 is 0 Å². The molecule has 0 aliphatic heterocycles. The Bertz CT molecular complexity index is 194. The number of rotatable bonds is 8. The van der Waals surface area contributed by atoms with E-state index >= 15 is 0 Å². The van der Waals surface area contributed by atoms with Crippen LogP contribution in [0, 0.1) is 0 Å². The number of aliphatic hydroxyl groups is 1. The van der Waals surface area contributed by atoms with Gasteiger partial charge in [0, 0.05) is 14.2 Å². The van der Waals surface area contributed by atoms with Gasteiger partial charge in [0.2, 0.25) is 0 Å². The van der Waals surface area contributed by atoms with E-state index in [-0.39, 0.29) is 26.4 Å². The van der Waals surface area contributed by atoms with E-state index in [0.717, 1.165) is 0 Å². The minimum absolute atomic E-state index is 0.181. The molecule has 0 fully saturated rings. The fourth-order valence-electron chi connectivity index (χ4n) is 0.824. The van der Waals surface area contributed by atoms with Crippen LogP contribution in [0.1, 0.15) is 12.8 Å². The van der Waals surface area contributed by atoms with Crippen LogP contribution in [0.4, 0.5) is 0 Å². The van der Waals surface area contributed by atoms with Crippen molar-refractivity contribution in [2.75, 3.05) is 27.8 Å². The van der Waals surface area contributed by atoms with Crippen molar-refractivity contribution in [3.05, 3.63) is 0 Å². The summed E-state index contributed by atoms with van der Waals surface area (Å²) in [6.45, 7) is -0.362. The Balaban J connectivity index is 3.67. The van der Waals surface area contributed by atoms with Crippen molar-refractivity contribution < 1.29 is 33.6 Å². The molecule has 0 aromatic rings. The van der Waals surface area contributed by atoms with Crippen LogP contribution >= 0.6 is 0 Å². The maximum absolute atomic E-state index is 11.0. The van der Waals surface area contributed by atoms with E-state index in [1.165, 1.54) is 14.2 Å². The fourth-order valence-corrected chi connectivity index (χ4v) is 0.824. The van der Waals surface area contributed by atoms with Crippen LogP contribution in [-0.4, -0.2) is 51.0 Å². The highest BCUT2D eigenvalue weighted by atomic mass is 16.7. The maximum atomic E-state index is 11.0. The quantitative estimate of drug-likeness (QED) is 0.445. The predicted octanol–water partition coefficient (Wildman–Crippen LogP) is -0.578. The summed E-state index contributed by atoms with van der Waals surface area (Å²) >= 11 is 0. The summed E-state index contributed by atoms with van der Waals surface area (Å²) in [5.74, 6) is -1.29. The van der Waals surface area contributed by atoms with E-state index in [1.807, 2.05) is 0 Å². The zero-order chi connectivity index (χ0) is 12.4. The SMILES string of the molecule is COCOC(=O)CC(O)CC(=O)OCOC. The largest absolute Gasteiger partial charge is 0.438 e. The van der Waals surface area contributed by atoms with Gasteiger partial charge in [0.15, 0.2) is 13.6 Å². The lowest BCUT2D eigenvalue weighted by molar-refractivity contribution is -0.159. The zero-order valence-corrected chi connectivity index (χ0v) is 9.30. The monoisotopic (exact) mass is 236 g/mol. The lowest BCUT2D eigenvalue weighted by Crippen LogP contribution is -2.21. The van der Waals surface area contributed by atoms with Crippen LogP contribution in [0.5, 0.6) is 0 Å². The second-order valence-corrected chi connectivity index (χ2v) is 2.91. The van der Waals surface area contributed by atoms with Crippen molar-refractivity contribution in [2.45, 2.75) is 18.9 Å². The van der Waals surface area contributed by atoms with E-state index in [1.54, 1.807) is 0 Å². The molecule has 16 heavy (non-hydrogen) atoms. The van der Waals surface area contributed by atoms with Crippen LogP contribution in [-0.2, 0) is 28.5 Å². The highest BCUT2D eigenvalue weighted by Crippen LogP contribution is 2.01. The molecule has 0 radical (unpaired) electrons. The highest BCUT2D eigenvalue weighted by molar-refractivity contribution is 5.73. The van der Waals surface area contributed by atoms with Crippen molar-refractivity contribution >= 4 is 11.9 Å². The Kier molecular flexibility index (Phi) is 8.41. The molecule has 0 aliphatic rings. The first-order valence-corrected chi connectivity index (χ1v) is 4.57. The Morgan fingerprint density at radius 2 is 1.38 bits per heavy atom. The molecule has 0 spiro atoms. The fraction of sp³-hybridized carbons (Fsp3) is 0.778. The van der Waals surface area contributed by atoms with Gasteiger partial charge >= 0.3 is 11.9 Å². The van der Waals surface area contributed by atoms with Gasteiger partial charge in [-0.25, -0.2) is 0 Å². The van der Waals surface area contributed by atoms with Gasteiger partial charge in [0.1, 0.15) is 0 Å². The molecule has 94 valence electrons. The Labute approximate surface area is 93.2 Å². The summed E-state index contributed by atoms with van der Waals surface area (Å²) in [5.41, 5.74) is 0. The van der Waals surface area contributed by atoms with Crippen molar-refractivity contribution in [3.63, 3.8) is 0 Å². The van der Waals surface area contributed by atoms with Gasteiger partial charge < -0.3 is 24.1 Å². The molecule has 1 N–H and O–H groups in total.